The molecule has 1 fully saturated rings. The molecule has 76 valence electrons. The molecule has 1 aliphatic carbocycles. The monoisotopic (exact) mass is 187 g/mol. The van der Waals surface area contributed by atoms with Gasteiger partial charge in [0.25, 0.3) is 0 Å². The van der Waals surface area contributed by atoms with Gasteiger partial charge in [0.05, 0.1) is 6.10 Å². The Labute approximate surface area is 77.7 Å². The van der Waals surface area contributed by atoms with Crippen molar-refractivity contribution in [1.29, 1.82) is 0 Å². The third-order valence-electron chi connectivity index (χ3n) is 2.31. The average Bonchev–Trinajstić information content (AvgIpc) is 2.45. The van der Waals surface area contributed by atoms with Gasteiger partial charge in [-0.25, -0.2) is 4.79 Å². The summed E-state index contributed by atoms with van der Waals surface area (Å²) in [4.78, 5) is 10.3. The van der Waals surface area contributed by atoms with Crippen LogP contribution in [0.15, 0.2) is 0 Å². The van der Waals surface area contributed by atoms with Gasteiger partial charge in [-0.1, -0.05) is 0 Å². The highest BCUT2D eigenvalue weighted by Gasteiger charge is 2.23. The maximum atomic E-state index is 10.3. The molecule has 2 amide bonds. The first-order valence-electron chi connectivity index (χ1n) is 4.65. The van der Waals surface area contributed by atoms with E-state index in [1.54, 1.807) is 0 Å². The van der Waals surface area contributed by atoms with Crippen LogP contribution in [0.25, 0.3) is 0 Å². The summed E-state index contributed by atoms with van der Waals surface area (Å²) < 4.78 is 0. The second-order valence-electron chi connectivity index (χ2n) is 3.35. The Hall–Kier alpha value is -0.810. The lowest BCUT2D eigenvalue weighted by Crippen LogP contribution is -2.41. The Balaban J connectivity index is 2.02. The van der Waals surface area contributed by atoms with Gasteiger partial charge in [-0.2, -0.15) is 0 Å². The van der Waals surface area contributed by atoms with Crippen LogP contribution in [0.4, 0.5) is 4.79 Å². The molecule has 2 atom stereocenters. The van der Waals surface area contributed by atoms with E-state index >= 15 is 0 Å². The summed E-state index contributed by atoms with van der Waals surface area (Å²) >= 11 is 0. The van der Waals surface area contributed by atoms with Gasteiger partial charge in [-0.15, -0.1) is 0 Å². The third kappa shape index (κ3) is 3.61. The van der Waals surface area contributed by atoms with Crippen molar-refractivity contribution < 1.29 is 9.90 Å². The minimum atomic E-state index is -0.506. The van der Waals surface area contributed by atoms with E-state index in [1.165, 1.54) is 0 Å². The van der Waals surface area contributed by atoms with Crippen molar-refractivity contribution in [2.75, 3.05) is 13.1 Å². The molecule has 2 unspecified atom stereocenters. The summed E-state index contributed by atoms with van der Waals surface area (Å²) in [6.45, 7) is 1.17. The normalized spacial score (nSPS) is 27.5. The van der Waals surface area contributed by atoms with Crippen molar-refractivity contribution in [3.8, 4) is 0 Å². The van der Waals surface area contributed by atoms with E-state index in [4.69, 9.17) is 5.73 Å². The van der Waals surface area contributed by atoms with Crippen molar-refractivity contribution in [2.24, 2.45) is 5.73 Å². The van der Waals surface area contributed by atoms with Crippen LogP contribution in [0.2, 0.25) is 0 Å². The fourth-order valence-electron chi connectivity index (χ4n) is 1.62. The van der Waals surface area contributed by atoms with Crippen molar-refractivity contribution in [2.45, 2.75) is 31.4 Å². The van der Waals surface area contributed by atoms with Gasteiger partial charge in [0.15, 0.2) is 0 Å². The molecule has 5 N–H and O–H groups in total. The Morgan fingerprint density at radius 3 is 2.77 bits per heavy atom. The minimum absolute atomic E-state index is 0.190. The molecule has 1 saturated carbocycles. The molecule has 13 heavy (non-hydrogen) atoms. The van der Waals surface area contributed by atoms with E-state index in [-0.39, 0.29) is 12.1 Å². The molecule has 5 nitrogen and oxygen atoms in total. The summed E-state index contributed by atoms with van der Waals surface area (Å²) in [5, 5.41) is 15.1. The predicted octanol–water partition coefficient (Wildman–Crippen LogP) is -0.842. The van der Waals surface area contributed by atoms with Gasteiger partial charge in [0.1, 0.15) is 0 Å². The first-order chi connectivity index (χ1) is 6.20. The second kappa shape index (κ2) is 5.04. The number of aliphatic hydroxyl groups is 1. The largest absolute Gasteiger partial charge is 0.392 e. The number of hydrogen-bond acceptors (Lipinski definition) is 3. The standard InChI is InChI=1S/C8H17N3O2/c9-8(13)11-5-4-10-6-2-1-3-7(6)12/h6-7,10,12H,1-5H2,(H3,9,11,13). The molecule has 0 radical (unpaired) electrons. The minimum Gasteiger partial charge on any atom is -0.392 e. The lowest BCUT2D eigenvalue weighted by atomic mass is 10.2. The summed E-state index contributed by atoms with van der Waals surface area (Å²) in [6, 6.07) is -0.316. The summed E-state index contributed by atoms with van der Waals surface area (Å²) in [7, 11) is 0. The van der Waals surface area contributed by atoms with Gasteiger partial charge in [-0.05, 0) is 19.3 Å². The Morgan fingerprint density at radius 1 is 1.46 bits per heavy atom. The van der Waals surface area contributed by atoms with Crippen LogP contribution in [0, 0.1) is 0 Å². The van der Waals surface area contributed by atoms with E-state index in [0.717, 1.165) is 19.3 Å². The highest BCUT2D eigenvalue weighted by molar-refractivity contribution is 5.71. The molecule has 0 saturated heterocycles. The number of rotatable bonds is 4. The summed E-state index contributed by atoms with van der Waals surface area (Å²) in [5.41, 5.74) is 4.89. The first-order valence-corrected chi connectivity index (χ1v) is 4.65. The zero-order chi connectivity index (χ0) is 9.68. The van der Waals surface area contributed by atoms with Crippen molar-refractivity contribution in [1.82, 2.24) is 10.6 Å². The lowest BCUT2D eigenvalue weighted by Gasteiger charge is -2.15. The number of primary amides is 1. The number of aliphatic hydroxyl groups excluding tert-OH is 1. The Kier molecular flexibility index (Phi) is 3.98. The molecule has 5 heteroatoms. The van der Waals surface area contributed by atoms with Gasteiger partial charge >= 0.3 is 6.03 Å². The number of carbonyl (C=O) groups excluding carboxylic acids is 1. The van der Waals surface area contributed by atoms with Crippen LogP contribution >= 0.6 is 0 Å². The van der Waals surface area contributed by atoms with Crippen molar-refractivity contribution in [3.05, 3.63) is 0 Å². The van der Waals surface area contributed by atoms with Gasteiger partial charge in [-0.3, -0.25) is 0 Å². The van der Waals surface area contributed by atoms with E-state index in [0.29, 0.717) is 13.1 Å². The van der Waals surface area contributed by atoms with E-state index in [9.17, 15) is 9.90 Å². The van der Waals surface area contributed by atoms with Crippen LogP contribution in [-0.2, 0) is 0 Å². The summed E-state index contributed by atoms with van der Waals surface area (Å²) in [5.74, 6) is 0. The molecule has 0 aromatic heterocycles. The van der Waals surface area contributed by atoms with Gasteiger partial charge in [0, 0.05) is 19.1 Å². The molecule has 0 bridgehead atoms. The fourth-order valence-corrected chi connectivity index (χ4v) is 1.62. The highest BCUT2D eigenvalue weighted by Crippen LogP contribution is 2.18. The highest BCUT2D eigenvalue weighted by atomic mass is 16.3. The molecule has 0 aliphatic heterocycles. The number of hydrogen-bond donors (Lipinski definition) is 4. The van der Waals surface area contributed by atoms with Crippen LogP contribution in [0.3, 0.4) is 0 Å². The first kappa shape index (κ1) is 10.3. The van der Waals surface area contributed by atoms with Gasteiger partial charge in [0.2, 0.25) is 0 Å². The predicted molar refractivity (Wildman–Crippen MR) is 49.2 cm³/mol. The number of nitrogens with one attached hydrogen (secondary N) is 2. The van der Waals surface area contributed by atoms with Crippen LogP contribution in [0.1, 0.15) is 19.3 Å². The second-order valence-corrected chi connectivity index (χ2v) is 3.35. The fraction of sp³-hybridized carbons (Fsp3) is 0.875. The smallest absolute Gasteiger partial charge is 0.312 e. The van der Waals surface area contributed by atoms with Gasteiger partial charge < -0.3 is 21.5 Å². The molecule has 0 aromatic carbocycles. The number of carbonyl (C=O) groups is 1. The average molecular weight is 187 g/mol. The molecule has 0 aromatic rings. The van der Waals surface area contributed by atoms with Crippen molar-refractivity contribution in [3.63, 3.8) is 0 Å². The van der Waals surface area contributed by atoms with Crippen molar-refractivity contribution >= 4 is 6.03 Å². The topological polar surface area (TPSA) is 87.4 Å². The summed E-state index contributed by atoms with van der Waals surface area (Å²) in [6.07, 6.45) is 2.73. The SMILES string of the molecule is NC(=O)NCCNC1CCCC1O. The van der Waals surface area contributed by atoms with Crippen LogP contribution in [0.5, 0.6) is 0 Å². The molecule has 0 heterocycles. The van der Waals surface area contributed by atoms with E-state index in [2.05, 4.69) is 10.6 Å². The van der Waals surface area contributed by atoms with E-state index < -0.39 is 6.03 Å². The molecular weight excluding hydrogens is 170 g/mol. The van der Waals surface area contributed by atoms with E-state index in [1.807, 2.05) is 0 Å². The Morgan fingerprint density at radius 2 is 2.23 bits per heavy atom. The molecular formula is C8H17N3O2. The quantitative estimate of drug-likeness (QED) is 0.433. The number of amides is 2. The van der Waals surface area contributed by atoms with Crippen LogP contribution < -0.4 is 16.4 Å². The zero-order valence-corrected chi connectivity index (χ0v) is 7.62. The maximum absolute atomic E-state index is 10.3. The zero-order valence-electron chi connectivity index (χ0n) is 7.62. The molecule has 1 rings (SSSR count). The Bertz CT molecular complexity index is 175. The van der Waals surface area contributed by atoms with Crippen LogP contribution in [-0.4, -0.2) is 36.4 Å². The molecule has 1 aliphatic rings. The number of urea groups is 1. The third-order valence-corrected chi connectivity index (χ3v) is 2.31. The lowest BCUT2D eigenvalue weighted by molar-refractivity contribution is 0.149. The number of nitrogens with two attached hydrogens (primary N) is 1. The molecule has 0 spiro atoms. The maximum Gasteiger partial charge on any atom is 0.312 e.